The van der Waals surface area contributed by atoms with Gasteiger partial charge in [-0.3, -0.25) is 0 Å². The number of aromatic nitrogens is 1. The van der Waals surface area contributed by atoms with Crippen molar-refractivity contribution in [2.24, 2.45) is 0 Å². The molecule has 3 nitrogen and oxygen atoms in total. The van der Waals surface area contributed by atoms with Gasteiger partial charge < -0.3 is 4.57 Å². The van der Waals surface area contributed by atoms with E-state index >= 15 is 0 Å². The van der Waals surface area contributed by atoms with E-state index in [9.17, 15) is 8.42 Å². The standard InChI is InChI=1S/C52H77NO2S/c1-7-11-15-19-21-25-29-46(30-26-22-20-16-12-8-2)53-49-35-40(5)31-33-47(49)48-34-32-44(38-50(48)53)52-43(28-24-18-14-10-4)39-51(56(52,54)55)45-36-41(6)42(37-45)27-23-17-13-9-3/h31-35,37-39,46H,7-30,36H2,1-6H3. The molecule has 1 aliphatic carbocycles. The summed E-state index contributed by atoms with van der Waals surface area (Å²) in [7, 11) is -3.68. The molecule has 0 spiro atoms. The van der Waals surface area contributed by atoms with Crippen molar-refractivity contribution in [3.8, 4) is 0 Å². The monoisotopic (exact) mass is 780 g/mol. The minimum Gasteiger partial charge on any atom is -0.337 e. The van der Waals surface area contributed by atoms with Crippen LogP contribution in [0.4, 0.5) is 0 Å². The number of hydrogen-bond acceptors (Lipinski definition) is 2. The third-order valence-electron chi connectivity index (χ3n) is 12.8. The number of hydrogen-bond donors (Lipinski definition) is 0. The fraction of sp³-hybridized carbons (Fsp3) is 0.615. The lowest BCUT2D eigenvalue weighted by atomic mass is 9.99. The van der Waals surface area contributed by atoms with Crippen LogP contribution in [0.3, 0.4) is 0 Å². The van der Waals surface area contributed by atoms with E-state index < -0.39 is 9.84 Å². The highest BCUT2D eigenvalue weighted by atomic mass is 32.2. The van der Waals surface area contributed by atoms with Gasteiger partial charge in [-0.1, -0.05) is 179 Å². The lowest BCUT2D eigenvalue weighted by molar-refractivity contribution is 0.410. The van der Waals surface area contributed by atoms with Crippen LogP contribution in [0.25, 0.3) is 26.7 Å². The summed E-state index contributed by atoms with van der Waals surface area (Å²) >= 11 is 0. The number of rotatable bonds is 27. The molecule has 0 amide bonds. The molecule has 2 heterocycles. The first-order valence-electron chi connectivity index (χ1n) is 23.4. The molecule has 0 N–H and O–H groups in total. The van der Waals surface area contributed by atoms with Crippen molar-refractivity contribution < 1.29 is 8.42 Å². The van der Waals surface area contributed by atoms with E-state index in [-0.39, 0.29) is 0 Å². The van der Waals surface area contributed by atoms with E-state index in [4.69, 9.17) is 0 Å². The van der Waals surface area contributed by atoms with Crippen molar-refractivity contribution in [3.63, 3.8) is 0 Å². The quantitative estimate of drug-likeness (QED) is 0.0723. The Morgan fingerprint density at radius 2 is 1.07 bits per heavy atom. The largest absolute Gasteiger partial charge is 0.337 e. The van der Waals surface area contributed by atoms with Crippen LogP contribution >= 0.6 is 0 Å². The lowest BCUT2D eigenvalue weighted by Gasteiger charge is -2.22. The van der Waals surface area contributed by atoms with Gasteiger partial charge in [0, 0.05) is 27.8 Å². The number of aryl methyl sites for hydroxylation is 1. The smallest absolute Gasteiger partial charge is 0.207 e. The van der Waals surface area contributed by atoms with E-state index in [1.54, 1.807) is 0 Å². The van der Waals surface area contributed by atoms with Gasteiger partial charge in [0.15, 0.2) is 0 Å². The number of sulfone groups is 1. The van der Waals surface area contributed by atoms with Gasteiger partial charge in [-0.2, -0.15) is 0 Å². The molecule has 0 bridgehead atoms. The molecule has 2 aromatic carbocycles. The topological polar surface area (TPSA) is 39.1 Å². The van der Waals surface area contributed by atoms with E-state index in [1.807, 2.05) is 0 Å². The predicted molar refractivity (Wildman–Crippen MR) is 246 cm³/mol. The number of nitrogens with zero attached hydrogens (tertiary/aromatic N) is 1. The molecule has 56 heavy (non-hydrogen) atoms. The Hall–Kier alpha value is -2.85. The second-order valence-corrected chi connectivity index (χ2v) is 19.4. The molecule has 3 aromatic rings. The van der Waals surface area contributed by atoms with E-state index in [0.29, 0.717) is 15.9 Å². The Kier molecular flexibility index (Phi) is 17.7. The van der Waals surface area contributed by atoms with Gasteiger partial charge in [0.1, 0.15) is 0 Å². The molecule has 0 radical (unpaired) electrons. The van der Waals surface area contributed by atoms with Gasteiger partial charge in [-0.05, 0) is 105 Å². The molecule has 1 aromatic heterocycles. The van der Waals surface area contributed by atoms with Gasteiger partial charge in [-0.25, -0.2) is 8.42 Å². The van der Waals surface area contributed by atoms with Gasteiger partial charge in [0.2, 0.25) is 9.84 Å². The lowest BCUT2D eigenvalue weighted by Crippen LogP contribution is -2.10. The van der Waals surface area contributed by atoms with Crippen molar-refractivity contribution in [2.75, 3.05) is 0 Å². The SMILES string of the molecule is CCCCCCCCC(CCCCCCCC)n1c2cc(C)ccc2c2ccc(C3=C(CCCCCC)C=C(C4=CC(CCCCCC)=C(C)C4)S3(=O)=O)cc21. The molecular weight excluding hydrogens is 703 g/mol. The highest BCUT2D eigenvalue weighted by Gasteiger charge is 2.36. The minimum atomic E-state index is -3.68. The first-order valence-corrected chi connectivity index (χ1v) is 24.9. The van der Waals surface area contributed by atoms with Crippen molar-refractivity contribution in [1.82, 2.24) is 4.57 Å². The third kappa shape index (κ3) is 11.2. The van der Waals surface area contributed by atoms with Gasteiger partial charge in [0.25, 0.3) is 0 Å². The zero-order chi connectivity index (χ0) is 39.9. The fourth-order valence-electron chi connectivity index (χ4n) is 9.50. The normalized spacial score (nSPS) is 15.7. The van der Waals surface area contributed by atoms with Crippen LogP contribution in [-0.4, -0.2) is 13.0 Å². The Bertz CT molecular complexity index is 1950. The van der Waals surface area contributed by atoms with Crippen LogP contribution in [0.15, 0.2) is 75.7 Å². The summed E-state index contributed by atoms with van der Waals surface area (Å²) in [5.41, 5.74) is 9.38. The molecule has 5 rings (SSSR count). The van der Waals surface area contributed by atoms with Crippen LogP contribution in [0.5, 0.6) is 0 Å². The molecule has 0 saturated carbocycles. The van der Waals surface area contributed by atoms with Crippen molar-refractivity contribution in [1.29, 1.82) is 0 Å². The molecule has 0 fully saturated rings. The summed E-state index contributed by atoms with van der Waals surface area (Å²) in [4.78, 5) is 1.12. The summed E-state index contributed by atoms with van der Waals surface area (Å²) in [6, 6.07) is 14.0. The van der Waals surface area contributed by atoms with Gasteiger partial charge in [0.05, 0.1) is 9.81 Å². The second kappa shape index (κ2) is 22.3. The van der Waals surface area contributed by atoms with E-state index in [2.05, 4.69) is 94.7 Å². The predicted octanol–water partition coefficient (Wildman–Crippen LogP) is 16.8. The number of allylic oxidation sites excluding steroid dienone is 6. The highest BCUT2D eigenvalue weighted by molar-refractivity contribution is 8.04. The number of fused-ring (bicyclic) bond motifs is 3. The van der Waals surface area contributed by atoms with Crippen LogP contribution in [0.1, 0.15) is 212 Å². The Morgan fingerprint density at radius 1 is 0.571 bits per heavy atom. The zero-order valence-corrected chi connectivity index (χ0v) is 37.4. The second-order valence-electron chi connectivity index (χ2n) is 17.5. The zero-order valence-electron chi connectivity index (χ0n) is 36.5. The molecule has 308 valence electrons. The maximum absolute atomic E-state index is 15.0. The molecule has 4 heteroatoms. The molecule has 0 atom stereocenters. The molecule has 2 aliphatic rings. The fourth-order valence-corrected chi connectivity index (χ4v) is 11.4. The van der Waals surface area contributed by atoms with Crippen LogP contribution < -0.4 is 0 Å². The van der Waals surface area contributed by atoms with E-state index in [0.717, 1.165) is 48.8 Å². The van der Waals surface area contributed by atoms with Crippen LogP contribution in [0, 0.1) is 6.92 Å². The Labute approximate surface area is 343 Å². The highest BCUT2D eigenvalue weighted by Crippen LogP contribution is 2.47. The maximum Gasteiger partial charge on any atom is 0.207 e. The average Bonchev–Trinajstić information content (AvgIpc) is 3.80. The Morgan fingerprint density at radius 3 is 1.66 bits per heavy atom. The molecule has 1 aliphatic heterocycles. The molecule has 0 unspecified atom stereocenters. The van der Waals surface area contributed by atoms with Crippen LogP contribution in [0.2, 0.25) is 0 Å². The van der Waals surface area contributed by atoms with E-state index in [1.165, 1.54) is 167 Å². The van der Waals surface area contributed by atoms with Gasteiger partial charge >= 0.3 is 0 Å². The average molecular weight is 780 g/mol. The van der Waals surface area contributed by atoms with Crippen molar-refractivity contribution >= 4 is 36.5 Å². The molecular formula is C52H77NO2S. The van der Waals surface area contributed by atoms with Crippen molar-refractivity contribution in [2.45, 2.75) is 208 Å². The molecule has 0 saturated heterocycles. The number of unbranched alkanes of at least 4 members (excludes halogenated alkanes) is 16. The minimum absolute atomic E-state index is 0.397. The summed E-state index contributed by atoms with van der Waals surface area (Å²) < 4.78 is 32.6. The first-order chi connectivity index (χ1) is 27.2. The summed E-state index contributed by atoms with van der Waals surface area (Å²) in [6.07, 6.45) is 34.3. The maximum atomic E-state index is 15.0. The van der Waals surface area contributed by atoms with Crippen molar-refractivity contribution in [3.05, 3.63) is 86.9 Å². The first kappa shape index (κ1) is 44.3. The van der Waals surface area contributed by atoms with Gasteiger partial charge in [-0.15, -0.1) is 0 Å². The summed E-state index contributed by atoms with van der Waals surface area (Å²) in [6.45, 7) is 13.5. The third-order valence-corrected chi connectivity index (χ3v) is 14.8. The summed E-state index contributed by atoms with van der Waals surface area (Å²) in [5.74, 6) is 0. The Balaban J connectivity index is 1.54. The van der Waals surface area contributed by atoms with Crippen LogP contribution in [-0.2, 0) is 9.84 Å². The summed E-state index contributed by atoms with van der Waals surface area (Å²) in [5, 5.41) is 2.54. The number of benzene rings is 2.